The molecule has 0 saturated heterocycles. The largest absolute Gasteiger partial charge is 0.465 e. The third-order valence-electron chi connectivity index (χ3n) is 3.51. The summed E-state index contributed by atoms with van der Waals surface area (Å²) in [6.45, 7) is 3.65. The van der Waals surface area contributed by atoms with Gasteiger partial charge in [-0.05, 0) is 37.6 Å². The van der Waals surface area contributed by atoms with Crippen molar-refractivity contribution in [2.24, 2.45) is 7.05 Å². The van der Waals surface area contributed by atoms with Crippen molar-refractivity contribution in [3.63, 3.8) is 0 Å². The summed E-state index contributed by atoms with van der Waals surface area (Å²) in [5.41, 5.74) is 3.17. The van der Waals surface area contributed by atoms with Crippen LogP contribution >= 0.6 is 11.6 Å². The highest BCUT2D eigenvalue weighted by Gasteiger charge is 2.11. The van der Waals surface area contributed by atoms with E-state index >= 15 is 0 Å². The lowest BCUT2D eigenvalue weighted by molar-refractivity contribution is -0.111. The van der Waals surface area contributed by atoms with E-state index in [9.17, 15) is 9.59 Å². The molecule has 0 radical (unpaired) electrons. The van der Waals surface area contributed by atoms with E-state index in [-0.39, 0.29) is 5.91 Å². The van der Waals surface area contributed by atoms with Crippen LogP contribution in [0.15, 0.2) is 24.3 Å². The molecule has 2 rings (SSSR count). The molecule has 1 aromatic carbocycles. The summed E-state index contributed by atoms with van der Waals surface area (Å²) in [6, 6.07) is 4.97. The second-order valence-corrected chi connectivity index (χ2v) is 5.62. The van der Waals surface area contributed by atoms with E-state index in [0.717, 1.165) is 11.3 Å². The monoisotopic (exact) mass is 347 g/mol. The maximum atomic E-state index is 12.1. The van der Waals surface area contributed by atoms with Gasteiger partial charge < -0.3 is 10.1 Å². The van der Waals surface area contributed by atoms with Gasteiger partial charge in [0.25, 0.3) is 0 Å². The SMILES string of the molecule is COC(=O)c1ccc(C)c(NC(=O)/C=C/c2c(C)nn(C)c2Cl)c1. The molecule has 1 heterocycles. The van der Waals surface area contributed by atoms with E-state index in [2.05, 4.69) is 15.2 Å². The number of esters is 1. The Morgan fingerprint density at radius 3 is 2.62 bits per heavy atom. The van der Waals surface area contributed by atoms with Crippen molar-refractivity contribution in [2.45, 2.75) is 13.8 Å². The highest BCUT2D eigenvalue weighted by atomic mass is 35.5. The summed E-state index contributed by atoms with van der Waals surface area (Å²) < 4.78 is 6.22. The molecule has 0 aliphatic rings. The summed E-state index contributed by atoms with van der Waals surface area (Å²) in [7, 11) is 3.04. The van der Waals surface area contributed by atoms with Crippen LogP contribution in [0.25, 0.3) is 6.08 Å². The zero-order valence-corrected chi connectivity index (χ0v) is 14.6. The van der Waals surface area contributed by atoms with Crippen LogP contribution in [0.3, 0.4) is 0 Å². The smallest absolute Gasteiger partial charge is 0.337 e. The summed E-state index contributed by atoms with van der Waals surface area (Å²) >= 11 is 6.12. The number of hydrogen-bond donors (Lipinski definition) is 1. The Hall–Kier alpha value is -2.60. The van der Waals surface area contributed by atoms with E-state index in [4.69, 9.17) is 11.6 Å². The number of benzene rings is 1. The van der Waals surface area contributed by atoms with E-state index in [0.29, 0.717) is 22.0 Å². The molecular formula is C17H18ClN3O3. The number of nitrogens with one attached hydrogen (secondary N) is 1. The van der Waals surface area contributed by atoms with Crippen LogP contribution in [0.1, 0.15) is 27.2 Å². The third-order valence-corrected chi connectivity index (χ3v) is 3.96. The summed E-state index contributed by atoms with van der Waals surface area (Å²) in [5, 5.41) is 7.38. The number of carbonyl (C=O) groups excluding carboxylic acids is 2. The predicted octanol–water partition coefficient (Wildman–Crippen LogP) is 3.13. The van der Waals surface area contributed by atoms with E-state index in [1.54, 1.807) is 36.0 Å². The molecule has 2 aromatic rings. The zero-order chi connectivity index (χ0) is 17.9. The molecule has 1 amide bonds. The molecule has 0 aliphatic heterocycles. The van der Waals surface area contributed by atoms with Gasteiger partial charge in [0, 0.05) is 24.4 Å². The number of anilines is 1. The fraction of sp³-hybridized carbons (Fsp3) is 0.235. The number of hydrogen-bond acceptors (Lipinski definition) is 4. The Morgan fingerprint density at radius 1 is 1.33 bits per heavy atom. The number of nitrogens with zero attached hydrogens (tertiary/aromatic N) is 2. The molecule has 0 aliphatic carbocycles. The second-order valence-electron chi connectivity index (χ2n) is 5.26. The molecular weight excluding hydrogens is 330 g/mol. The average Bonchev–Trinajstić information content (AvgIpc) is 2.79. The molecule has 0 spiro atoms. The van der Waals surface area contributed by atoms with Crippen LogP contribution in [-0.2, 0) is 16.6 Å². The Bertz CT molecular complexity index is 825. The van der Waals surface area contributed by atoms with Crippen molar-refractivity contribution in [2.75, 3.05) is 12.4 Å². The van der Waals surface area contributed by atoms with Gasteiger partial charge >= 0.3 is 5.97 Å². The number of rotatable bonds is 4. The van der Waals surface area contributed by atoms with Crippen molar-refractivity contribution in [3.05, 3.63) is 51.8 Å². The molecule has 0 bridgehead atoms. The van der Waals surface area contributed by atoms with Crippen LogP contribution in [0.2, 0.25) is 5.15 Å². The van der Waals surface area contributed by atoms with Gasteiger partial charge in [-0.1, -0.05) is 17.7 Å². The number of ether oxygens (including phenoxy) is 1. The third kappa shape index (κ3) is 3.83. The molecule has 126 valence electrons. The lowest BCUT2D eigenvalue weighted by atomic mass is 10.1. The second kappa shape index (κ2) is 7.31. The average molecular weight is 348 g/mol. The first kappa shape index (κ1) is 17.7. The molecule has 6 nitrogen and oxygen atoms in total. The van der Waals surface area contributed by atoms with Gasteiger partial charge in [-0.25, -0.2) is 4.79 Å². The maximum Gasteiger partial charge on any atom is 0.337 e. The number of carbonyl (C=O) groups is 2. The standard InChI is InChI=1S/C17H18ClN3O3/c1-10-5-6-12(17(23)24-4)9-14(10)19-15(22)8-7-13-11(2)20-21(3)16(13)18/h5-9H,1-4H3,(H,19,22)/b8-7+. The quantitative estimate of drug-likeness (QED) is 0.681. The van der Waals surface area contributed by atoms with Gasteiger partial charge in [0.05, 0.1) is 18.4 Å². The topological polar surface area (TPSA) is 73.2 Å². The van der Waals surface area contributed by atoms with Crippen LogP contribution in [-0.4, -0.2) is 28.8 Å². The van der Waals surface area contributed by atoms with E-state index in [1.165, 1.54) is 13.2 Å². The fourth-order valence-electron chi connectivity index (χ4n) is 2.17. The molecule has 1 N–H and O–H groups in total. The normalized spacial score (nSPS) is 10.9. The molecule has 1 aromatic heterocycles. The first-order chi connectivity index (χ1) is 11.3. The molecule has 0 fully saturated rings. The molecule has 0 saturated carbocycles. The maximum absolute atomic E-state index is 12.1. The van der Waals surface area contributed by atoms with E-state index in [1.807, 2.05) is 13.8 Å². The number of amides is 1. The Kier molecular flexibility index (Phi) is 5.41. The van der Waals surface area contributed by atoms with Crippen molar-refractivity contribution in [1.29, 1.82) is 0 Å². The van der Waals surface area contributed by atoms with Crippen LogP contribution in [0.5, 0.6) is 0 Å². The van der Waals surface area contributed by atoms with Crippen molar-refractivity contribution in [3.8, 4) is 0 Å². The van der Waals surface area contributed by atoms with Gasteiger partial charge in [-0.3, -0.25) is 9.48 Å². The minimum atomic E-state index is -0.459. The minimum absolute atomic E-state index is 0.334. The molecule has 0 unspecified atom stereocenters. The zero-order valence-electron chi connectivity index (χ0n) is 13.9. The number of methoxy groups -OCH3 is 1. The van der Waals surface area contributed by atoms with Crippen molar-refractivity contribution in [1.82, 2.24) is 9.78 Å². The van der Waals surface area contributed by atoms with Crippen LogP contribution in [0.4, 0.5) is 5.69 Å². The van der Waals surface area contributed by atoms with Gasteiger partial charge in [0.15, 0.2) is 0 Å². The highest BCUT2D eigenvalue weighted by Crippen LogP contribution is 2.21. The number of aromatic nitrogens is 2. The first-order valence-corrected chi connectivity index (χ1v) is 7.58. The van der Waals surface area contributed by atoms with Gasteiger partial charge in [-0.15, -0.1) is 0 Å². The molecule has 7 heteroatoms. The predicted molar refractivity (Wildman–Crippen MR) is 93.1 cm³/mol. The van der Waals surface area contributed by atoms with Gasteiger partial charge in [0.2, 0.25) is 5.91 Å². The summed E-state index contributed by atoms with van der Waals surface area (Å²) in [4.78, 5) is 23.7. The van der Waals surface area contributed by atoms with Gasteiger partial charge in [-0.2, -0.15) is 5.10 Å². The lowest BCUT2D eigenvalue weighted by Gasteiger charge is -2.08. The molecule has 0 atom stereocenters. The van der Waals surface area contributed by atoms with Crippen LogP contribution in [0, 0.1) is 13.8 Å². The Labute approximate surface area is 145 Å². The lowest BCUT2D eigenvalue weighted by Crippen LogP contribution is -2.10. The molecule has 24 heavy (non-hydrogen) atoms. The number of halogens is 1. The van der Waals surface area contributed by atoms with Crippen LogP contribution < -0.4 is 5.32 Å². The Balaban J connectivity index is 2.18. The van der Waals surface area contributed by atoms with Crippen molar-refractivity contribution < 1.29 is 14.3 Å². The Morgan fingerprint density at radius 2 is 2.04 bits per heavy atom. The number of aryl methyl sites for hydroxylation is 3. The highest BCUT2D eigenvalue weighted by molar-refractivity contribution is 6.31. The summed E-state index contributed by atoms with van der Waals surface area (Å²) in [5.74, 6) is -0.793. The first-order valence-electron chi connectivity index (χ1n) is 7.20. The summed E-state index contributed by atoms with van der Waals surface area (Å²) in [6.07, 6.45) is 2.99. The van der Waals surface area contributed by atoms with Gasteiger partial charge in [0.1, 0.15) is 5.15 Å². The fourth-order valence-corrected chi connectivity index (χ4v) is 2.41. The minimum Gasteiger partial charge on any atom is -0.465 e. The van der Waals surface area contributed by atoms with Crippen molar-refractivity contribution >= 4 is 35.2 Å². The van der Waals surface area contributed by atoms with E-state index < -0.39 is 5.97 Å².